The number of hydrogen-bond donors (Lipinski definition) is 2. The lowest BCUT2D eigenvalue weighted by Crippen LogP contribution is -2.08. The van der Waals surface area contributed by atoms with Crippen LogP contribution >= 0.6 is 0 Å². The van der Waals surface area contributed by atoms with Gasteiger partial charge in [-0.05, 0) is 31.0 Å². The van der Waals surface area contributed by atoms with Crippen LogP contribution in [0.3, 0.4) is 0 Å². The van der Waals surface area contributed by atoms with Crippen molar-refractivity contribution in [3.05, 3.63) is 54.1 Å². The van der Waals surface area contributed by atoms with Gasteiger partial charge in [-0.1, -0.05) is 12.1 Å². The van der Waals surface area contributed by atoms with Crippen LogP contribution in [0, 0.1) is 0 Å². The van der Waals surface area contributed by atoms with E-state index in [4.69, 9.17) is 5.11 Å². The molecule has 1 unspecified atom stereocenters. The van der Waals surface area contributed by atoms with Crippen LogP contribution in [0.25, 0.3) is 0 Å². The Morgan fingerprint density at radius 3 is 2.61 bits per heavy atom. The number of aliphatic hydroxyl groups excluding tert-OH is 1. The second-order valence-corrected chi connectivity index (χ2v) is 4.17. The van der Waals surface area contributed by atoms with Crippen LogP contribution in [-0.2, 0) is 6.42 Å². The number of nitrogens with one attached hydrogen (secondary N) is 1. The first-order valence-electron chi connectivity index (χ1n) is 6.02. The van der Waals surface area contributed by atoms with Gasteiger partial charge >= 0.3 is 0 Å². The summed E-state index contributed by atoms with van der Waals surface area (Å²) in [5.41, 5.74) is 3.09. The Kier molecular flexibility index (Phi) is 4.25. The van der Waals surface area contributed by atoms with Crippen molar-refractivity contribution in [2.45, 2.75) is 19.4 Å². The van der Waals surface area contributed by atoms with Crippen LogP contribution in [0.4, 0.5) is 5.69 Å². The highest BCUT2D eigenvalue weighted by atomic mass is 16.2. The molecule has 2 rings (SSSR count). The number of rotatable bonds is 5. The molecule has 0 bridgehead atoms. The Morgan fingerprint density at radius 2 is 2.00 bits per heavy atom. The van der Waals surface area contributed by atoms with Crippen LogP contribution in [-0.4, -0.2) is 21.7 Å². The van der Waals surface area contributed by atoms with Crippen LogP contribution in [0.15, 0.2) is 42.9 Å². The van der Waals surface area contributed by atoms with E-state index < -0.39 is 0 Å². The molecular formula is C14H17N3O. The first-order valence-corrected chi connectivity index (χ1v) is 6.02. The molecule has 18 heavy (non-hydrogen) atoms. The summed E-state index contributed by atoms with van der Waals surface area (Å²) in [6, 6.07) is 8.17. The minimum atomic E-state index is 0.113. The van der Waals surface area contributed by atoms with Gasteiger partial charge < -0.3 is 10.4 Å². The molecule has 2 aromatic rings. The van der Waals surface area contributed by atoms with Gasteiger partial charge in [0.15, 0.2) is 0 Å². The molecule has 0 radical (unpaired) electrons. The van der Waals surface area contributed by atoms with Gasteiger partial charge in [-0.15, -0.1) is 0 Å². The highest BCUT2D eigenvalue weighted by molar-refractivity contribution is 5.46. The topological polar surface area (TPSA) is 58.0 Å². The Balaban J connectivity index is 2.01. The number of anilines is 1. The maximum atomic E-state index is 8.85. The van der Waals surface area contributed by atoms with Crippen LogP contribution in [0.5, 0.6) is 0 Å². The highest BCUT2D eigenvalue weighted by Crippen LogP contribution is 2.17. The summed E-state index contributed by atoms with van der Waals surface area (Å²) in [6.07, 6.45) is 5.82. The smallest absolute Gasteiger partial charge is 0.0806 e. The largest absolute Gasteiger partial charge is 0.396 e. The summed E-state index contributed by atoms with van der Waals surface area (Å²) < 4.78 is 0. The molecule has 0 fully saturated rings. The van der Waals surface area contributed by atoms with E-state index in [0.717, 1.165) is 16.9 Å². The molecule has 1 heterocycles. The third kappa shape index (κ3) is 3.28. The Hall–Kier alpha value is -1.94. The molecule has 0 saturated heterocycles. The Morgan fingerprint density at radius 1 is 1.22 bits per heavy atom. The predicted molar refractivity (Wildman–Crippen MR) is 71.3 cm³/mol. The average Bonchev–Trinajstić information content (AvgIpc) is 2.42. The lowest BCUT2D eigenvalue weighted by molar-refractivity contribution is 0.299. The summed E-state index contributed by atoms with van der Waals surface area (Å²) in [7, 11) is 0. The van der Waals surface area contributed by atoms with Gasteiger partial charge in [0.25, 0.3) is 0 Å². The first-order chi connectivity index (χ1) is 8.79. The molecule has 0 spiro atoms. The zero-order chi connectivity index (χ0) is 12.8. The zero-order valence-corrected chi connectivity index (χ0v) is 10.4. The van der Waals surface area contributed by atoms with E-state index in [1.54, 1.807) is 18.6 Å². The van der Waals surface area contributed by atoms with Gasteiger partial charge in [-0.25, -0.2) is 0 Å². The van der Waals surface area contributed by atoms with Gasteiger partial charge in [0.2, 0.25) is 0 Å². The molecule has 2 N–H and O–H groups in total. The lowest BCUT2D eigenvalue weighted by Gasteiger charge is -2.14. The van der Waals surface area contributed by atoms with Crippen molar-refractivity contribution in [1.29, 1.82) is 0 Å². The number of hydrogen-bond acceptors (Lipinski definition) is 4. The first kappa shape index (κ1) is 12.5. The summed E-state index contributed by atoms with van der Waals surface area (Å²) >= 11 is 0. The van der Waals surface area contributed by atoms with Gasteiger partial charge in [-0.3, -0.25) is 9.97 Å². The second-order valence-electron chi connectivity index (χ2n) is 4.17. The minimum Gasteiger partial charge on any atom is -0.396 e. The van der Waals surface area contributed by atoms with Crippen LogP contribution < -0.4 is 5.32 Å². The number of nitrogens with zero attached hydrogens (tertiary/aromatic N) is 2. The minimum absolute atomic E-state index is 0.113. The van der Waals surface area contributed by atoms with Crippen molar-refractivity contribution in [2.75, 3.05) is 11.9 Å². The van der Waals surface area contributed by atoms with Crippen molar-refractivity contribution in [2.24, 2.45) is 0 Å². The normalized spacial score (nSPS) is 12.1. The maximum absolute atomic E-state index is 8.85. The summed E-state index contributed by atoms with van der Waals surface area (Å²) in [5, 5.41) is 12.2. The van der Waals surface area contributed by atoms with Crippen molar-refractivity contribution >= 4 is 5.69 Å². The zero-order valence-electron chi connectivity index (χ0n) is 10.4. The molecule has 4 heteroatoms. The van der Waals surface area contributed by atoms with Gasteiger partial charge in [0.1, 0.15) is 0 Å². The maximum Gasteiger partial charge on any atom is 0.0806 e. The Labute approximate surface area is 107 Å². The van der Waals surface area contributed by atoms with Crippen molar-refractivity contribution in [3.8, 4) is 0 Å². The van der Waals surface area contributed by atoms with Gasteiger partial charge in [-0.2, -0.15) is 0 Å². The van der Waals surface area contributed by atoms with Crippen molar-refractivity contribution in [1.82, 2.24) is 9.97 Å². The van der Waals surface area contributed by atoms with Crippen molar-refractivity contribution < 1.29 is 5.11 Å². The van der Waals surface area contributed by atoms with E-state index in [2.05, 4.69) is 15.3 Å². The van der Waals surface area contributed by atoms with E-state index in [0.29, 0.717) is 6.42 Å². The van der Waals surface area contributed by atoms with Gasteiger partial charge in [0.05, 0.1) is 17.9 Å². The third-order valence-corrected chi connectivity index (χ3v) is 2.76. The molecular weight excluding hydrogens is 226 g/mol. The van der Waals surface area contributed by atoms with Gasteiger partial charge in [0, 0.05) is 24.7 Å². The fraction of sp³-hybridized carbons (Fsp3) is 0.286. The fourth-order valence-corrected chi connectivity index (χ4v) is 1.75. The molecule has 1 aromatic heterocycles. The number of aliphatic hydroxyl groups is 1. The third-order valence-electron chi connectivity index (χ3n) is 2.76. The summed E-state index contributed by atoms with van der Waals surface area (Å²) in [6.45, 7) is 2.23. The van der Waals surface area contributed by atoms with E-state index in [1.165, 1.54) is 0 Å². The number of aromatic nitrogens is 2. The monoisotopic (exact) mass is 243 g/mol. The molecule has 4 nitrogen and oxygen atoms in total. The number of benzene rings is 1. The van der Waals surface area contributed by atoms with E-state index >= 15 is 0 Å². The second kappa shape index (κ2) is 6.12. The molecule has 0 aliphatic rings. The molecule has 0 aliphatic heterocycles. The molecule has 0 saturated carbocycles. The molecule has 0 amide bonds. The molecule has 94 valence electrons. The molecule has 0 aliphatic carbocycles. The van der Waals surface area contributed by atoms with Crippen LogP contribution in [0.2, 0.25) is 0 Å². The lowest BCUT2D eigenvalue weighted by atomic mass is 10.1. The van der Waals surface area contributed by atoms with E-state index in [9.17, 15) is 0 Å². The van der Waals surface area contributed by atoms with Crippen molar-refractivity contribution in [3.63, 3.8) is 0 Å². The molecule has 1 atom stereocenters. The average molecular weight is 243 g/mol. The summed E-state index contributed by atoms with van der Waals surface area (Å²) in [5.74, 6) is 0. The fourth-order valence-electron chi connectivity index (χ4n) is 1.75. The predicted octanol–water partition coefficient (Wildman–Crippen LogP) is 2.18. The van der Waals surface area contributed by atoms with E-state index in [-0.39, 0.29) is 12.6 Å². The summed E-state index contributed by atoms with van der Waals surface area (Å²) in [4.78, 5) is 8.32. The SMILES string of the molecule is CC(Nc1ccc(CCO)cc1)c1cnccn1. The quantitative estimate of drug-likeness (QED) is 0.845. The Bertz CT molecular complexity index is 470. The van der Waals surface area contributed by atoms with Crippen LogP contribution in [0.1, 0.15) is 24.2 Å². The standard InChI is InChI=1S/C14H17N3O/c1-11(14-10-15-7-8-16-14)17-13-4-2-12(3-5-13)6-9-18/h2-5,7-8,10-11,17-18H,6,9H2,1H3. The van der Waals surface area contributed by atoms with E-state index in [1.807, 2.05) is 31.2 Å². The highest BCUT2D eigenvalue weighted by Gasteiger charge is 2.06. The molecule has 1 aromatic carbocycles.